The van der Waals surface area contributed by atoms with E-state index in [0.29, 0.717) is 61.9 Å². The number of hydrogen-bond acceptors (Lipinski definition) is 12. The van der Waals surface area contributed by atoms with Crippen LogP contribution in [-0.4, -0.2) is 105 Å². The zero-order valence-electron chi connectivity index (χ0n) is 37.6. The first kappa shape index (κ1) is 41.7. The summed E-state index contributed by atoms with van der Waals surface area (Å²) in [4.78, 5) is 59.3. The fourth-order valence-electron chi connectivity index (χ4n) is 15.1. The minimum atomic E-state index is -1.18. The number of halogens is 2. The first-order valence-electron chi connectivity index (χ1n) is 24.7. The molecule has 352 valence electrons. The van der Waals surface area contributed by atoms with Gasteiger partial charge < -0.3 is 29.2 Å². The fourth-order valence-corrected chi connectivity index (χ4v) is 15.1. The van der Waals surface area contributed by atoms with E-state index in [2.05, 4.69) is 9.80 Å². The predicted molar refractivity (Wildman–Crippen MR) is 239 cm³/mol. The van der Waals surface area contributed by atoms with Gasteiger partial charge in [0.25, 0.3) is 0 Å². The van der Waals surface area contributed by atoms with Crippen molar-refractivity contribution in [1.82, 2.24) is 9.80 Å². The van der Waals surface area contributed by atoms with Crippen LogP contribution < -0.4 is 18.9 Å². The molecule has 0 aromatic heterocycles. The van der Waals surface area contributed by atoms with Crippen molar-refractivity contribution in [3.05, 3.63) is 93.5 Å². The van der Waals surface area contributed by atoms with Crippen molar-refractivity contribution in [1.29, 1.82) is 0 Å². The number of ether oxygens (including phenoxy) is 4. The summed E-state index contributed by atoms with van der Waals surface area (Å²) in [6, 6.07) is 12.0. The second kappa shape index (κ2) is 14.2. The molecule has 4 heterocycles. The Bertz CT molecular complexity index is 2780. The summed E-state index contributed by atoms with van der Waals surface area (Å²) in [5, 5.41) is 25.1. The third-order valence-corrected chi connectivity index (χ3v) is 18.3. The van der Waals surface area contributed by atoms with Gasteiger partial charge in [0.2, 0.25) is 0 Å². The highest BCUT2D eigenvalue weighted by Crippen LogP contribution is 2.67. The minimum absolute atomic E-state index is 0.0746. The van der Waals surface area contributed by atoms with Crippen LogP contribution in [0.5, 0.6) is 23.0 Å². The molecule has 4 aromatic rings. The Morgan fingerprint density at radius 3 is 1.51 bits per heavy atom. The van der Waals surface area contributed by atoms with Crippen LogP contribution in [0.2, 0.25) is 0 Å². The third-order valence-electron chi connectivity index (χ3n) is 18.3. The zero-order chi connectivity index (χ0) is 46.2. The Kier molecular flexibility index (Phi) is 8.68. The van der Waals surface area contributed by atoms with Crippen LogP contribution in [0.3, 0.4) is 0 Å². The molecule has 2 saturated heterocycles. The molecule has 14 heteroatoms. The number of carbonyl (C=O) groups is 4. The number of benzene rings is 4. The molecule has 0 amide bonds. The maximum atomic E-state index is 15.7. The fraction of sp³-hybridized carbons (Fsp3) is 0.519. The van der Waals surface area contributed by atoms with Gasteiger partial charge in [0.15, 0.2) is 46.8 Å². The van der Waals surface area contributed by atoms with E-state index < -0.39 is 57.8 Å². The van der Waals surface area contributed by atoms with Crippen molar-refractivity contribution in [2.24, 2.45) is 11.8 Å². The van der Waals surface area contributed by atoms with E-state index in [0.717, 1.165) is 60.6 Å². The van der Waals surface area contributed by atoms with Crippen LogP contribution >= 0.6 is 0 Å². The number of esters is 2. The standard InChI is InChI=1S/C54H52F2N2O10/c55-34-19-29(21-42(61)65-38-7-5-31-23-40-53(63)11-9-36(59)49-51(53,45(31)47(38)67-49)13-15-57(40)25-27-1-2-27)17-33-18-30(20-35(56)44(33)34)22-43(62)66-39-8-6-32-24-41-54(64)12-10-37(60)50-52(54,46(32)48(39)68-50)14-16-58(41)26-28-3-4-28/h5-8,17-20,27-28,40-41,49-50,63-64H,1-4,9-16,21-26H2/t40-,41-,49+,50+,51+,52+,53-,54-/m1/s1. The van der Waals surface area contributed by atoms with Crippen molar-refractivity contribution in [2.75, 3.05) is 26.2 Å². The lowest BCUT2D eigenvalue weighted by Gasteiger charge is -2.62. The molecule has 4 bridgehead atoms. The molecule has 14 rings (SSSR count). The summed E-state index contributed by atoms with van der Waals surface area (Å²) in [6.07, 6.45) is 5.61. The van der Waals surface area contributed by atoms with Crippen LogP contribution in [0.15, 0.2) is 48.5 Å². The maximum Gasteiger partial charge on any atom is 0.315 e. The zero-order valence-corrected chi connectivity index (χ0v) is 37.6. The van der Waals surface area contributed by atoms with Gasteiger partial charge in [-0.05, 0) is 141 Å². The number of Topliss-reactive ketones (excluding diaryl/α,β-unsaturated/α-hetero) is 2. The molecule has 0 radical (unpaired) electrons. The maximum absolute atomic E-state index is 15.7. The number of rotatable bonds is 10. The number of carbonyl (C=O) groups excluding carboxylic acids is 4. The van der Waals surface area contributed by atoms with Crippen molar-refractivity contribution >= 4 is 34.3 Å². The molecule has 4 aliphatic heterocycles. The highest BCUT2D eigenvalue weighted by molar-refractivity contribution is 5.92. The first-order chi connectivity index (χ1) is 32.8. The summed E-state index contributed by atoms with van der Waals surface area (Å²) in [6.45, 7) is 3.33. The summed E-state index contributed by atoms with van der Waals surface area (Å²) in [7, 11) is 0. The Labute approximate surface area is 390 Å². The van der Waals surface area contributed by atoms with Gasteiger partial charge in [0.05, 0.1) is 40.3 Å². The SMILES string of the molecule is O=C(Cc1cc(F)c2c(F)cc(CC(=O)Oc3ccc4c5c3O[C@H]3C(=O)CC[C@@]6(O)[C@@H](C4)N(CC4CC4)CC[C@]536)cc2c1)Oc1ccc2c3c1O[C@H]1C(=O)CC[C@@]4(O)[C@@H](C2)N(CC2CC2)CC[C@]314. The number of ketones is 2. The molecular weight excluding hydrogens is 875 g/mol. The first-order valence-corrected chi connectivity index (χ1v) is 24.7. The molecule has 68 heavy (non-hydrogen) atoms. The molecule has 10 aliphatic rings. The van der Waals surface area contributed by atoms with E-state index in [1.807, 2.05) is 12.1 Å². The van der Waals surface area contributed by atoms with Gasteiger partial charge in [-0.1, -0.05) is 24.3 Å². The quantitative estimate of drug-likeness (QED) is 0.149. The highest BCUT2D eigenvalue weighted by Gasteiger charge is 2.75. The number of fused-ring (bicyclic) bond motifs is 1. The topological polar surface area (TPSA) is 152 Å². The number of piperidine rings is 2. The monoisotopic (exact) mass is 926 g/mol. The average molecular weight is 927 g/mol. The molecule has 8 atom stereocenters. The number of hydrogen-bond donors (Lipinski definition) is 2. The summed E-state index contributed by atoms with van der Waals surface area (Å²) in [5.41, 5.74) is -0.354. The molecule has 12 nitrogen and oxygen atoms in total. The summed E-state index contributed by atoms with van der Waals surface area (Å²) in [5.74, 6) is -1.26. The van der Waals surface area contributed by atoms with Gasteiger partial charge >= 0.3 is 11.9 Å². The van der Waals surface area contributed by atoms with Crippen LogP contribution in [0.4, 0.5) is 8.78 Å². The van der Waals surface area contributed by atoms with Crippen LogP contribution in [0.25, 0.3) is 10.8 Å². The molecule has 4 aromatic carbocycles. The molecule has 6 aliphatic carbocycles. The molecule has 0 unspecified atom stereocenters. The van der Waals surface area contributed by atoms with Crippen LogP contribution in [0.1, 0.15) is 97.6 Å². The largest absolute Gasteiger partial charge is 0.477 e. The Hall–Kier alpha value is -5.28. The number of nitrogens with zero attached hydrogens (tertiary/aromatic N) is 2. The van der Waals surface area contributed by atoms with Crippen molar-refractivity contribution in [2.45, 2.75) is 136 Å². The smallest absolute Gasteiger partial charge is 0.315 e. The summed E-state index contributed by atoms with van der Waals surface area (Å²) >= 11 is 0. The lowest BCUT2D eigenvalue weighted by Crippen LogP contribution is -2.76. The van der Waals surface area contributed by atoms with Gasteiger partial charge in [-0.2, -0.15) is 0 Å². The van der Waals surface area contributed by atoms with Crippen LogP contribution in [-0.2, 0) is 55.7 Å². The number of aliphatic hydroxyl groups is 2. The molecule has 2 spiro atoms. The third kappa shape index (κ3) is 5.60. The van der Waals surface area contributed by atoms with Gasteiger partial charge in [-0.15, -0.1) is 0 Å². The van der Waals surface area contributed by atoms with E-state index in [9.17, 15) is 29.4 Å². The molecule has 6 fully saturated rings. The average Bonchev–Trinajstić information content (AvgIpc) is 4.22. The number of likely N-dealkylation sites (tertiary alicyclic amines) is 2. The second-order valence-electron chi connectivity index (χ2n) is 21.9. The van der Waals surface area contributed by atoms with Crippen molar-refractivity contribution in [3.8, 4) is 23.0 Å². The molecular formula is C54H52F2N2O10. The van der Waals surface area contributed by atoms with Gasteiger partial charge in [0.1, 0.15) is 11.6 Å². The molecule has 2 N–H and O–H groups in total. The summed E-state index contributed by atoms with van der Waals surface area (Å²) < 4.78 is 56.2. The lowest BCUT2D eigenvalue weighted by molar-refractivity contribution is -0.188. The van der Waals surface area contributed by atoms with E-state index in [4.69, 9.17) is 18.9 Å². The van der Waals surface area contributed by atoms with Crippen molar-refractivity contribution in [3.63, 3.8) is 0 Å². The van der Waals surface area contributed by atoms with E-state index in [1.165, 1.54) is 37.8 Å². The van der Waals surface area contributed by atoms with E-state index in [-0.39, 0.29) is 82.7 Å². The highest BCUT2D eigenvalue weighted by atomic mass is 19.1. The lowest BCUT2D eigenvalue weighted by atomic mass is 9.49. The Morgan fingerprint density at radius 1 is 0.647 bits per heavy atom. The second-order valence-corrected chi connectivity index (χ2v) is 21.9. The van der Waals surface area contributed by atoms with Gasteiger partial charge in [-0.3, -0.25) is 29.0 Å². The normalized spacial score (nSPS) is 33.7. The van der Waals surface area contributed by atoms with Crippen LogP contribution in [0, 0.1) is 23.5 Å². The minimum Gasteiger partial charge on any atom is -0.477 e. The van der Waals surface area contributed by atoms with Gasteiger partial charge in [0, 0.05) is 49.1 Å². The Morgan fingerprint density at radius 2 is 1.09 bits per heavy atom. The Balaban J connectivity index is 0.711. The molecule has 4 saturated carbocycles. The predicted octanol–water partition coefficient (Wildman–Crippen LogP) is 5.68. The van der Waals surface area contributed by atoms with Gasteiger partial charge in [-0.25, -0.2) is 8.78 Å². The van der Waals surface area contributed by atoms with Crippen molar-refractivity contribution < 1.29 is 57.1 Å². The van der Waals surface area contributed by atoms with E-state index in [1.54, 1.807) is 12.1 Å². The van der Waals surface area contributed by atoms with E-state index >= 15 is 8.78 Å².